The van der Waals surface area contributed by atoms with Crippen LogP contribution in [0.3, 0.4) is 0 Å². The van der Waals surface area contributed by atoms with Crippen LogP contribution in [-0.4, -0.2) is 9.78 Å². The molecule has 0 amide bonds. The third-order valence-electron chi connectivity index (χ3n) is 2.73. The van der Waals surface area contributed by atoms with E-state index >= 15 is 0 Å². The van der Waals surface area contributed by atoms with Gasteiger partial charge in [-0.05, 0) is 42.8 Å². The van der Waals surface area contributed by atoms with Crippen LogP contribution in [0.2, 0.25) is 5.02 Å². The predicted molar refractivity (Wildman–Crippen MR) is 70.8 cm³/mol. The number of aryl methyl sites for hydroxylation is 1. The third kappa shape index (κ3) is 1.92. The SMILES string of the molecule is Cc1cccc(-n2cc3cc(Cl)ccc3n2)c1. The summed E-state index contributed by atoms with van der Waals surface area (Å²) in [5, 5.41) is 6.32. The van der Waals surface area contributed by atoms with E-state index < -0.39 is 0 Å². The minimum atomic E-state index is 0.737. The van der Waals surface area contributed by atoms with Crippen molar-refractivity contribution in [2.75, 3.05) is 0 Å². The monoisotopic (exact) mass is 242 g/mol. The zero-order chi connectivity index (χ0) is 11.8. The van der Waals surface area contributed by atoms with Crippen LogP contribution in [0.15, 0.2) is 48.7 Å². The fraction of sp³-hybridized carbons (Fsp3) is 0.0714. The molecule has 0 aliphatic rings. The van der Waals surface area contributed by atoms with Crippen LogP contribution in [0.4, 0.5) is 0 Å². The molecule has 0 radical (unpaired) electrons. The van der Waals surface area contributed by atoms with E-state index in [0.717, 1.165) is 21.6 Å². The van der Waals surface area contributed by atoms with Crippen LogP contribution in [0.5, 0.6) is 0 Å². The van der Waals surface area contributed by atoms with Gasteiger partial charge in [0.15, 0.2) is 0 Å². The summed E-state index contributed by atoms with van der Waals surface area (Å²) in [6, 6.07) is 14.0. The van der Waals surface area contributed by atoms with Crippen LogP contribution in [0, 0.1) is 6.92 Å². The van der Waals surface area contributed by atoms with Gasteiger partial charge in [0, 0.05) is 16.6 Å². The van der Waals surface area contributed by atoms with Crippen molar-refractivity contribution in [1.82, 2.24) is 9.78 Å². The second-order valence-corrected chi connectivity index (χ2v) is 4.55. The second kappa shape index (κ2) is 3.90. The van der Waals surface area contributed by atoms with Crippen molar-refractivity contribution in [2.24, 2.45) is 0 Å². The number of fused-ring (bicyclic) bond motifs is 1. The van der Waals surface area contributed by atoms with Crippen molar-refractivity contribution in [3.63, 3.8) is 0 Å². The van der Waals surface area contributed by atoms with Gasteiger partial charge in [-0.3, -0.25) is 0 Å². The molecule has 84 valence electrons. The number of hydrogen-bond donors (Lipinski definition) is 0. The van der Waals surface area contributed by atoms with Gasteiger partial charge < -0.3 is 0 Å². The molecule has 0 spiro atoms. The van der Waals surface area contributed by atoms with Crippen LogP contribution in [0.25, 0.3) is 16.6 Å². The molecule has 0 aliphatic carbocycles. The summed E-state index contributed by atoms with van der Waals surface area (Å²) in [6.45, 7) is 2.07. The smallest absolute Gasteiger partial charge is 0.0928 e. The van der Waals surface area contributed by atoms with Gasteiger partial charge in [0.1, 0.15) is 0 Å². The highest BCUT2D eigenvalue weighted by atomic mass is 35.5. The topological polar surface area (TPSA) is 17.8 Å². The van der Waals surface area contributed by atoms with Gasteiger partial charge in [0.25, 0.3) is 0 Å². The summed E-state index contributed by atoms with van der Waals surface area (Å²) in [7, 11) is 0. The van der Waals surface area contributed by atoms with Gasteiger partial charge in [-0.2, -0.15) is 5.10 Å². The summed E-state index contributed by atoms with van der Waals surface area (Å²) in [4.78, 5) is 0. The molecule has 17 heavy (non-hydrogen) atoms. The van der Waals surface area contributed by atoms with Crippen molar-refractivity contribution < 1.29 is 0 Å². The Morgan fingerprint density at radius 2 is 2.00 bits per heavy atom. The number of rotatable bonds is 1. The highest BCUT2D eigenvalue weighted by Gasteiger charge is 2.03. The Morgan fingerprint density at radius 1 is 1.12 bits per heavy atom. The lowest BCUT2D eigenvalue weighted by Gasteiger charge is -2.01. The number of aromatic nitrogens is 2. The Hall–Kier alpha value is -1.80. The first-order valence-corrected chi connectivity index (χ1v) is 5.82. The third-order valence-corrected chi connectivity index (χ3v) is 2.97. The van der Waals surface area contributed by atoms with Gasteiger partial charge in [0.2, 0.25) is 0 Å². The average molecular weight is 243 g/mol. The number of benzene rings is 2. The average Bonchev–Trinajstić information content (AvgIpc) is 2.72. The van der Waals surface area contributed by atoms with E-state index in [-0.39, 0.29) is 0 Å². The first-order chi connectivity index (χ1) is 8.22. The molecule has 3 rings (SSSR count). The standard InChI is InChI=1S/C14H11ClN2/c1-10-3-2-4-13(7-10)17-9-11-8-12(15)5-6-14(11)16-17/h2-9H,1H3. The summed E-state index contributed by atoms with van der Waals surface area (Å²) in [5.41, 5.74) is 3.24. The summed E-state index contributed by atoms with van der Waals surface area (Å²) in [5.74, 6) is 0. The molecular weight excluding hydrogens is 232 g/mol. The zero-order valence-electron chi connectivity index (χ0n) is 9.39. The van der Waals surface area contributed by atoms with E-state index in [0.29, 0.717) is 0 Å². The molecule has 3 aromatic rings. The van der Waals surface area contributed by atoms with Crippen LogP contribution in [0.1, 0.15) is 5.56 Å². The Kier molecular flexibility index (Phi) is 2.37. The maximum absolute atomic E-state index is 5.96. The maximum atomic E-state index is 5.96. The van der Waals surface area contributed by atoms with E-state index in [2.05, 4.69) is 24.2 Å². The quantitative estimate of drug-likeness (QED) is 0.631. The molecular formula is C14H11ClN2. The molecule has 0 bridgehead atoms. The van der Waals surface area contributed by atoms with E-state index in [1.165, 1.54) is 5.56 Å². The maximum Gasteiger partial charge on any atom is 0.0928 e. The molecule has 0 fully saturated rings. The molecule has 0 unspecified atom stereocenters. The fourth-order valence-corrected chi connectivity index (χ4v) is 2.08. The molecule has 1 heterocycles. The normalized spacial score (nSPS) is 10.9. The van der Waals surface area contributed by atoms with Crippen molar-refractivity contribution in [3.05, 3.63) is 59.2 Å². The predicted octanol–water partition coefficient (Wildman–Crippen LogP) is 3.99. The lowest BCUT2D eigenvalue weighted by Crippen LogP contribution is -1.93. The molecule has 0 aliphatic heterocycles. The summed E-state index contributed by atoms with van der Waals surface area (Å²) in [6.07, 6.45) is 2.00. The molecule has 2 nitrogen and oxygen atoms in total. The Morgan fingerprint density at radius 3 is 2.82 bits per heavy atom. The molecule has 0 saturated heterocycles. The number of hydrogen-bond acceptors (Lipinski definition) is 1. The molecule has 0 N–H and O–H groups in total. The van der Waals surface area contributed by atoms with E-state index in [1.807, 2.05) is 41.2 Å². The van der Waals surface area contributed by atoms with Crippen molar-refractivity contribution in [2.45, 2.75) is 6.92 Å². The van der Waals surface area contributed by atoms with E-state index in [4.69, 9.17) is 11.6 Å². The Labute approximate surface area is 104 Å². The van der Waals surface area contributed by atoms with E-state index in [1.54, 1.807) is 0 Å². The molecule has 0 saturated carbocycles. The Balaban J connectivity index is 2.18. The molecule has 0 atom stereocenters. The largest absolute Gasteiger partial charge is 0.240 e. The van der Waals surface area contributed by atoms with E-state index in [9.17, 15) is 0 Å². The number of halogens is 1. The van der Waals surface area contributed by atoms with Crippen LogP contribution >= 0.6 is 11.6 Å². The molecule has 1 aromatic heterocycles. The van der Waals surface area contributed by atoms with Crippen LogP contribution in [-0.2, 0) is 0 Å². The minimum absolute atomic E-state index is 0.737. The lowest BCUT2D eigenvalue weighted by molar-refractivity contribution is 0.895. The second-order valence-electron chi connectivity index (χ2n) is 4.12. The Bertz CT molecular complexity index is 686. The van der Waals surface area contributed by atoms with Gasteiger partial charge in [-0.25, -0.2) is 4.68 Å². The highest BCUT2D eigenvalue weighted by molar-refractivity contribution is 6.31. The first kappa shape index (κ1) is 10.4. The van der Waals surface area contributed by atoms with Gasteiger partial charge >= 0.3 is 0 Å². The summed E-state index contributed by atoms with van der Waals surface area (Å²) >= 11 is 5.96. The summed E-state index contributed by atoms with van der Waals surface area (Å²) < 4.78 is 1.88. The minimum Gasteiger partial charge on any atom is -0.240 e. The van der Waals surface area contributed by atoms with Crippen LogP contribution < -0.4 is 0 Å². The lowest BCUT2D eigenvalue weighted by atomic mass is 10.2. The van der Waals surface area contributed by atoms with Crippen molar-refractivity contribution in [1.29, 1.82) is 0 Å². The highest BCUT2D eigenvalue weighted by Crippen LogP contribution is 2.20. The fourth-order valence-electron chi connectivity index (χ4n) is 1.90. The zero-order valence-corrected chi connectivity index (χ0v) is 10.1. The molecule has 2 aromatic carbocycles. The van der Waals surface area contributed by atoms with Crippen molar-refractivity contribution >= 4 is 22.5 Å². The number of nitrogens with zero attached hydrogens (tertiary/aromatic N) is 2. The van der Waals surface area contributed by atoms with Gasteiger partial charge in [-0.15, -0.1) is 0 Å². The van der Waals surface area contributed by atoms with Gasteiger partial charge in [-0.1, -0.05) is 23.7 Å². The first-order valence-electron chi connectivity index (χ1n) is 5.44. The van der Waals surface area contributed by atoms with Crippen molar-refractivity contribution in [3.8, 4) is 5.69 Å². The molecule has 3 heteroatoms. The van der Waals surface area contributed by atoms with Gasteiger partial charge in [0.05, 0.1) is 11.2 Å².